The highest BCUT2D eigenvalue weighted by Gasteiger charge is 2.34. The molecule has 0 radical (unpaired) electrons. The van der Waals surface area contributed by atoms with E-state index in [1.807, 2.05) is 13.0 Å². The molecule has 92 valence electrons. The fourth-order valence-corrected chi connectivity index (χ4v) is 3.15. The van der Waals surface area contributed by atoms with Gasteiger partial charge in [-0.25, -0.2) is 9.97 Å². The molecule has 2 bridgehead atoms. The molecule has 0 aliphatic carbocycles. The van der Waals surface area contributed by atoms with E-state index in [2.05, 4.69) is 20.2 Å². The zero-order valence-corrected chi connectivity index (χ0v) is 10.7. The number of halogens is 1. The van der Waals surface area contributed by atoms with Crippen LogP contribution in [0.2, 0.25) is 5.28 Å². The van der Waals surface area contributed by atoms with E-state index in [4.69, 9.17) is 11.6 Å². The number of hydrogen-bond donors (Lipinski definition) is 1. The third-order valence-electron chi connectivity index (χ3n) is 3.82. The van der Waals surface area contributed by atoms with Crippen LogP contribution in [0.4, 0.5) is 5.82 Å². The number of nitrogens with zero attached hydrogens (tertiary/aromatic N) is 3. The van der Waals surface area contributed by atoms with Gasteiger partial charge in [0.25, 0.3) is 0 Å². The lowest BCUT2D eigenvalue weighted by Gasteiger charge is -2.45. The van der Waals surface area contributed by atoms with E-state index in [1.165, 1.54) is 25.9 Å². The minimum atomic E-state index is 0.328. The van der Waals surface area contributed by atoms with Crippen molar-refractivity contribution in [1.82, 2.24) is 14.9 Å². The predicted molar refractivity (Wildman–Crippen MR) is 68.4 cm³/mol. The number of hydrogen-bond acceptors (Lipinski definition) is 4. The van der Waals surface area contributed by atoms with Crippen LogP contribution in [0.15, 0.2) is 6.07 Å². The van der Waals surface area contributed by atoms with Gasteiger partial charge in [-0.05, 0) is 50.4 Å². The van der Waals surface area contributed by atoms with Gasteiger partial charge in [-0.1, -0.05) is 0 Å². The molecule has 0 amide bonds. The van der Waals surface area contributed by atoms with Gasteiger partial charge in [0.15, 0.2) is 0 Å². The third-order valence-corrected chi connectivity index (χ3v) is 3.99. The van der Waals surface area contributed by atoms with Crippen LogP contribution in [-0.2, 0) is 0 Å². The Morgan fingerprint density at radius 2 is 2.12 bits per heavy atom. The molecule has 3 aliphatic heterocycles. The number of piperidine rings is 3. The average Bonchev–Trinajstić information content (AvgIpc) is 2.29. The Morgan fingerprint density at radius 1 is 1.35 bits per heavy atom. The second kappa shape index (κ2) is 4.42. The molecule has 1 aromatic heterocycles. The molecule has 5 heteroatoms. The first-order valence-corrected chi connectivity index (χ1v) is 6.58. The average molecular weight is 253 g/mol. The van der Waals surface area contributed by atoms with Crippen molar-refractivity contribution in [2.75, 3.05) is 25.0 Å². The number of anilines is 1. The highest BCUT2D eigenvalue weighted by molar-refractivity contribution is 6.28. The molecule has 4 rings (SSSR count). The highest BCUT2D eigenvalue weighted by atomic mass is 35.5. The summed E-state index contributed by atoms with van der Waals surface area (Å²) in [5.74, 6) is 1.65. The SMILES string of the molecule is Cc1cc(NC2CN3CCC2CC3)nc(Cl)n1. The maximum Gasteiger partial charge on any atom is 0.224 e. The Labute approximate surface area is 106 Å². The lowest BCUT2D eigenvalue weighted by atomic mass is 9.84. The Bertz CT molecular complexity index is 395. The van der Waals surface area contributed by atoms with Gasteiger partial charge in [0.2, 0.25) is 5.28 Å². The van der Waals surface area contributed by atoms with Crippen LogP contribution < -0.4 is 5.32 Å². The first kappa shape index (κ1) is 11.2. The minimum Gasteiger partial charge on any atom is -0.366 e. The molecule has 1 aromatic rings. The summed E-state index contributed by atoms with van der Waals surface area (Å²) >= 11 is 5.87. The quantitative estimate of drug-likeness (QED) is 0.817. The molecule has 0 spiro atoms. The number of nitrogens with one attached hydrogen (secondary N) is 1. The van der Waals surface area contributed by atoms with Crippen molar-refractivity contribution in [1.29, 1.82) is 0 Å². The van der Waals surface area contributed by atoms with Gasteiger partial charge in [0.05, 0.1) is 0 Å². The zero-order valence-electron chi connectivity index (χ0n) is 9.99. The molecule has 1 atom stereocenters. The Balaban J connectivity index is 1.74. The van der Waals surface area contributed by atoms with Gasteiger partial charge in [-0.3, -0.25) is 0 Å². The van der Waals surface area contributed by atoms with E-state index in [0.29, 0.717) is 11.3 Å². The molecule has 0 saturated carbocycles. The maximum absolute atomic E-state index is 5.87. The lowest BCUT2D eigenvalue weighted by molar-refractivity contribution is 0.0974. The number of fused-ring (bicyclic) bond motifs is 3. The molecule has 4 heterocycles. The van der Waals surface area contributed by atoms with Crippen LogP contribution >= 0.6 is 11.6 Å². The monoisotopic (exact) mass is 252 g/mol. The van der Waals surface area contributed by atoms with Crippen LogP contribution in [0.3, 0.4) is 0 Å². The van der Waals surface area contributed by atoms with Crippen molar-refractivity contribution in [2.45, 2.75) is 25.8 Å². The first-order valence-electron chi connectivity index (χ1n) is 6.21. The summed E-state index contributed by atoms with van der Waals surface area (Å²) in [4.78, 5) is 10.8. The molecule has 0 aromatic carbocycles. The van der Waals surface area contributed by atoms with Gasteiger partial charge in [0.1, 0.15) is 5.82 Å². The van der Waals surface area contributed by atoms with Crippen molar-refractivity contribution < 1.29 is 0 Å². The van der Waals surface area contributed by atoms with E-state index in [0.717, 1.165) is 24.0 Å². The van der Waals surface area contributed by atoms with E-state index in [-0.39, 0.29) is 0 Å². The van der Waals surface area contributed by atoms with Crippen LogP contribution in [-0.4, -0.2) is 40.5 Å². The normalized spacial score (nSPS) is 31.5. The standard InChI is InChI=1S/C12H17ClN4/c1-8-6-11(16-12(13)14-8)15-10-7-17-4-2-9(10)3-5-17/h6,9-10H,2-5,7H2,1H3,(H,14,15,16). The number of rotatable bonds is 2. The Kier molecular flexibility index (Phi) is 2.92. The third kappa shape index (κ3) is 2.38. The van der Waals surface area contributed by atoms with Gasteiger partial charge in [0, 0.05) is 24.3 Å². The summed E-state index contributed by atoms with van der Waals surface area (Å²) in [6.07, 6.45) is 2.60. The summed E-state index contributed by atoms with van der Waals surface area (Å²) in [7, 11) is 0. The second-order valence-corrected chi connectivity index (χ2v) is 5.39. The van der Waals surface area contributed by atoms with Crippen molar-refractivity contribution in [3.05, 3.63) is 17.0 Å². The van der Waals surface area contributed by atoms with Gasteiger partial charge < -0.3 is 10.2 Å². The van der Waals surface area contributed by atoms with E-state index in [1.54, 1.807) is 0 Å². The predicted octanol–water partition coefficient (Wildman–Crippen LogP) is 1.94. The highest BCUT2D eigenvalue weighted by Crippen LogP contribution is 2.29. The number of aromatic nitrogens is 2. The summed E-state index contributed by atoms with van der Waals surface area (Å²) in [6.45, 7) is 5.58. The van der Waals surface area contributed by atoms with E-state index in [9.17, 15) is 0 Å². The van der Waals surface area contributed by atoms with Gasteiger partial charge >= 0.3 is 0 Å². The first-order chi connectivity index (χ1) is 8.20. The fraction of sp³-hybridized carbons (Fsp3) is 0.667. The van der Waals surface area contributed by atoms with Gasteiger partial charge in [-0.2, -0.15) is 0 Å². The lowest BCUT2D eigenvalue weighted by Crippen LogP contribution is -2.53. The molecule has 4 nitrogen and oxygen atoms in total. The molecule has 3 aliphatic rings. The van der Waals surface area contributed by atoms with Crippen LogP contribution in [0.1, 0.15) is 18.5 Å². The van der Waals surface area contributed by atoms with Crippen LogP contribution in [0.25, 0.3) is 0 Å². The second-order valence-electron chi connectivity index (χ2n) is 5.05. The topological polar surface area (TPSA) is 41.0 Å². The van der Waals surface area contributed by atoms with Crippen molar-refractivity contribution in [3.8, 4) is 0 Å². The summed E-state index contributed by atoms with van der Waals surface area (Å²) in [5, 5.41) is 3.84. The minimum absolute atomic E-state index is 0.328. The molecule has 1 unspecified atom stereocenters. The van der Waals surface area contributed by atoms with Crippen molar-refractivity contribution >= 4 is 17.4 Å². The van der Waals surface area contributed by atoms with E-state index >= 15 is 0 Å². The largest absolute Gasteiger partial charge is 0.366 e. The summed E-state index contributed by atoms with van der Waals surface area (Å²) < 4.78 is 0. The van der Waals surface area contributed by atoms with Crippen molar-refractivity contribution in [3.63, 3.8) is 0 Å². The molecular weight excluding hydrogens is 236 g/mol. The molecule has 1 N–H and O–H groups in total. The molecule has 17 heavy (non-hydrogen) atoms. The summed E-state index contributed by atoms with van der Waals surface area (Å²) in [5.41, 5.74) is 0.911. The van der Waals surface area contributed by atoms with Gasteiger partial charge in [-0.15, -0.1) is 0 Å². The molecular formula is C12H17ClN4. The van der Waals surface area contributed by atoms with E-state index < -0.39 is 0 Å². The molecule has 3 saturated heterocycles. The van der Waals surface area contributed by atoms with Crippen molar-refractivity contribution in [2.24, 2.45) is 5.92 Å². The fourth-order valence-electron chi connectivity index (χ4n) is 2.92. The Morgan fingerprint density at radius 3 is 2.71 bits per heavy atom. The maximum atomic E-state index is 5.87. The number of aryl methyl sites for hydroxylation is 1. The van der Waals surface area contributed by atoms with Crippen LogP contribution in [0, 0.1) is 12.8 Å². The summed E-state index contributed by atoms with van der Waals surface area (Å²) in [6, 6.07) is 2.48. The smallest absolute Gasteiger partial charge is 0.224 e. The van der Waals surface area contributed by atoms with Crippen LogP contribution in [0.5, 0.6) is 0 Å². The Hall–Kier alpha value is -0.870. The molecule has 3 fully saturated rings. The zero-order chi connectivity index (χ0) is 11.8.